The standard InChI is InChI=1S/C16H17Cl2NO2S/c1-3-12-4-7-14(8-5-12)22(20,21)19-11(2)15-9-6-13(17)10-16(15)18/h4-11,19H,3H2,1-2H3/t11-/m0/s1. The summed E-state index contributed by atoms with van der Waals surface area (Å²) in [5.74, 6) is 0. The summed E-state index contributed by atoms with van der Waals surface area (Å²) < 4.78 is 27.5. The second-order valence-electron chi connectivity index (χ2n) is 5.01. The lowest BCUT2D eigenvalue weighted by Gasteiger charge is -2.16. The lowest BCUT2D eigenvalue weighted by molar-refractivity contribution is 0.567. The van der Waals surface area contributed by atoms with E-state index in [1.807, 2.05) is 19.1 Å². The molecular weight excluding hydrogens is 341 g/mol. The van der Waals surface area contributed by atoms with E-state index in [0.717, 1.165) is 12.0 Å². The van der Waals surface area contributed by atoms with Crippen LogP contribution in [0.2, 0.25) is 10.0 Å². The molecule has 0 spiro atoms. The van der Waals surface area contributed by atoms with Crippen LogP contribution >= 0.6 is 23.2 Å². The zero-order valence-corrected chi connectivity index (χ0v) is 14.6. The molecular formula is C16H17Cl2NO2S. The van der Waals surface area contributed by atoms with Crippen LogP contribution in [0.25, 0.3) is 0 Å². The minimum absolute atomic E-state index is 0.238. The van der Waals surface area contributed by atoms with Crippen molar-refractivity contribution in [2.45, 2.75) is 31.2 Å². The maximum atomic E-state index is 12.4. The van der Waals surface area contributed by atoms with Crippen molar-refractivity contribution in [2.24, 2.45) is 0 Å². The van der Waals surface area contributed by atoms with Crippen LogP contribution in [0.15, 0.2) is 47.4 Å². The molecule has 1 N–H and O–H groups in total. The molecule has 2 aromatic rings. The summed E-state index contributed by atoms with van der Waals surface area (Å²) in [6.45, 7) is 3.76. The number of halogens is 2. The number of hydrogen-bond acceptors (Lipinski definition) is 2. The van der Waals surface area contributed by atoms with Gasteiger partial charge in [0.1, 0.15) is 0 Å². The Labute approximate surface area is 141 Å². The van der Waals surface area contributed by atoms with E-state index < -0.39 is 16.1 Å². The van der Waals surface area contributed by atoms with Crippen LogP contribution in [0.3, 0.4) is 0 Å². The molecule has 0 aliphatic rings. The Hall–Kier alpha value is -1.07. The minimum atomic E-state index is -3.60. The molecule has 0 aliphatic carbocycles. The van der Waals surface area contributed by atoms with Gasteiger partial charge in [0, 0.05) is 16.1 Å². The zero-order valence-electron chi connectivity index (χ0n) is 12.3. The van der Waals surface area contributed by atoms with Gasteiger partial charge in [0.15, 0.2) is 0 Å². The topological polar surface area (TPSA) is 46.2 Å². The van der Waals surface area contributed by atoms with Crippen molar-refractivity contribution >= 4 is 33.2 Å². The second-order valence-corrected chi connectivity index (χ2v) is 7.56. The highest BCUT2D eigenvalue weighted by molar-refractivity contribution is 7.89. The average Bonchev–Trinajstić information content (AvgIpc) is 2.46. The van der Waals surface area contributed by atoms with E-state index in [1.165, 1.54) is 0 Å². The third-order valence-electron chi connectivity index (χ3n) is 3.40. The van der Waals surface area contributed by atoms with Gasteiger partial charge in [0.05, 0.1) is 4.90 Å². The molecule has 0 aromatic heterocycles. The fourth-order valence-electron chi connectivity index (χ4n) is 2.12. The number of hydrogen-bond donors (Lipinski definition) is 1. The van der Waals surface area contributed by atoms with Crippen molar-refractivity contribution in [2.75, 3.05) is 0 Å². The Morgan fingerprint density at radius 2 is 1.73 bits per heavy atom. The molecule has 2 rings (SSSR count). The highest BCUT2D eigenvalue weighted by Crippen LogP contribution is 2.27. The highest BCUT2D eigenvalue weighted by Gasteiger charge is 2.19. The third-order valence-corrected chi connectivity index (χ3v) is 5.52. The number of benzene rings is 2. The van der Waals surface area contributed by atoms with E-state index in [1.54, 1.807) is 37.3 Å². The second kappa shape index (κ2) is 7.01. The first-order valence-electron chi connectivity index (χ1n) is 6.89. The average molecular weight is 358 g/mol. The number of aryl methyl sites for hydroxylation is 1. The summed E-state index contributed by atoms with van der Waals surface area (Å²) in [6, 6.07) is 11.4. The maximum Gasteiger partial charge on any atom is 0.241 e. The molecule has 6 heteroatoms. The first kappa shape index (κ1) is 17.3. The molecule has 2 aromatic carbocycles. The molecule has 0 heterocycles. The van der Waals surface area contributed by atoms with Gasteiger partial charge < -0.3 is 0 Å². The van der Waals surface area contributed by atoms with Crippen LogP contribution in [-0.2, 0) is 16.4 Å². The fraction of sp³-hybridized carbons (Fsp3) is 0.250. The van der Waals surface area contributed by atoms with Gasteiger partial charge in [0.25, 0.3) is 0 Å². The van der Waals surface area contributed by atoms with Crippen LogP contribution in [0.4, 0.5) is 0 Å². The van der Waals surface area contributed by atoms with Crippen molar-refractivity contribution in [3.63, 3.8) is 0 Å². The Morgan fingerprint density at radius 3 is 2.27 bits per heavy atom. The molecule has 0 unspecified atom stereocenters. The molecule has 0 aliphatic heterocycles. The minimum Gasteiger partial charge on any atom is -0.207 e. The quantitative estimate of drug-likeness (QED) is 0.849. The normalized spacial score (nSPS) is 13.1. The number of sulfonamides is 1. The lowest BCUT2D eigenvalue weighted by Crippen LogP contribution is -2.27. The van der Waals surface area contributed by atoms with Crippen molar-refractivity contribution < 1.29 is 8.42 Å². The molecule has 118 valence electrons. The third kappa shape index (κ3) is 4.02. The van der Waals surface area contributed by atoms with Crippen LogP contribution < -0.4 is 4.72 Å². The summed E-state index contributed by atoms with van der Waals surface area (Å²) in [7, 11) is -3.60. The Kier molecular flexibility index (Phi) is 5.50. The molecule has 0 saturated heterocycles. The number of nitrogens with one attached hydrogen (secondary N) is 1. The first-order chi connectivity index (χ1) is 10.3. The van der Waals surface area contributed by atoms with Crippen LogP contribution in [-0.4, -0.2) is 8.42 Å². The van der Waals surface area contributed by atoms with Gasteiger partial charge in [0.2, 0.25) is 10.0 Å². The molecule has 0 amide bonds. The summed E-state index contributed by atoms with van der Waals surface area (Å²) in [5, 5.41) is 0.947. The van der Waals surface area contributed by atoms with Crippen LogP contribution in [0, 0.1) is 0 Å². The van der Waals surface area contributed by atoms with E-state index in [4.69, 9.17) is 23.2 Å². The van der Waals surface area contributed by atoms with Gasteiger partial charge in [-0.05, 0) is 48.7 Å². The van der Waals surface area contributed by atoms with Crippen LogP contribution in [0.5, 0.6) is 0 Å². The van der Waals surface area contributed by atoms with Gasteiger partial charge in [-0.3, -0.25) is 0 Å². The molecule has 3 nitrogen and oxygen atoms in total. The summed E-state index contributed by atoms with van der Waals surface area (Å²) in [5.41, 5.74) is 1.77. The molecule has 0 saturated carbocycles. The van der Waals surface area contributed by atoms with Gasteiger partial charge in [-0.25, -0.2) is 13.1 Å². The summed E-state index contributed by atoms with van der Waals surface area (Å²) in [4.78, 5) is 0.238. The maximum absolute atomic E-state index is 12.4. The Bertz CT molecular complexity index is 758. The molecule has 0 bridgehead atoms. The van der Waals surface area contributed by atoms with E-state index in [2.05, 4.69) is 4.72 Å². The van der Waals surface area contributed by atoms with Crippen molar-refractivity contribution in [1.82, 2.24) is 4.72 Å². The van der Waals surface area contributed by atoms with Crippen molar-refractivity contribution in [3.8, 4) is 0 Å². The molecule has 0 radical (unpaired) electrons. The number of rotatable bonds is 5. The summed E-state index contributed by atoms with van der Waals surface area (Å²) in [6.07, 6.45) is 0.866. The fourth-order valence-corrected chi connectivity index (χ4v) is 3.92. The van der Waals surface area contributed by atoms with E-state index in [-0.39, 0.29) is 4.90 Å². The van der Waals surface area contributed by atoms with E-state index in [0.29, 0.717) is 15.6 Å². The monoisotopic (exact) mass is 357 g/mol. The molecule has 1 atom stereocenters. The largest absolute Gasteiger partial charge is 0.241 e. The Morgan fingerprint density at radius 1 is 1.09 bits per heavy atom. The molecule has 22 heavy (non-hydrogen) atoms. The van der Waals surface area contributed by atoms with Crippen LogP contribution in [0.1, 0.15) is 31.0 Å². The smallest absolute Gasteiger partial charge is 0.207 e. The highest BCUT2D eigenvalue weighted by atomic mass is 35.5. The predicted octanol–water partition coefficient (Wildman–Crippen LogP) is 4.60. The Balaban J connectivity index is 2.23. The molecule has 0 fully saturated rings. The van der Waals surface area contributed by atoms with E-state index in [9.17, 15) is 8.42 Å². The van der Waals surface area contributed by atoms with Crippen molar-refractivity contribution in [1.29, 1.82) is 0 Å². The van der Waals surface area contributed by atoms with Gasteiger partial charge >= 0.3 is 0 Å². The van der Waals surface area contributed by atoms with E-state index >= 15 is 0 Å². The zero-order chi connectivity index (χ0) is 16.3. The predicted molar refractivity (Wildman–Crippen MR) is 91.0 cm³/mol. The van der Waals surface area contributed by atoms with Crippen molar-refractivity contribution in [3.05, 3.63) is 63.6 Å². The lowest BCUT2D eigenvalue weighted by atomic mass is 10.1. The summed E-state index contributed by atoms with van der Waals surface area (Å²) >= 11 is 12.0. The van der Waals surface area contributed by atoms with Gasteiger partial charge in [-0.1, -0.05) is 48.3 Å². The first-order valence-corrected chi connectivity index (χ1v) is 9.13. The SMILES string of the molecule is CCc1ccc(S(=O)(=O)N[C@@H](C)c2ccc(Cl)cc2Cl)cc1. The van der Waals surface area contributed by atoms with Gasteiger partial charge in [-0.2, -0.15) is 0 Å². The van der Waals surface area contributed by atoms with Gasteiger partial charge in [-0.15, -0.1) is 0 Å².